The summed E-state index contributed by atoms with van der Waals surface area (Å²) < 4.78 is 11.2. The van der Waals surface area contributed by atoms with Gasteiger partial charge in [-0.1, -0.05) is 15.9 Å². The summed E-state index contributed by atoms with van der Waals surface area (Å²) in [5.41, 5.74) is 1.62. The smallest absolute Gasteiger partial charge is 0.152 e. The molecule has 0 saturated heterocycles. The first-order chi connectivity index (χ1) is 9.22. The van der Waals surface area contributed by atoms with Gasteiger partial charge in [0, 0.05) is 49.6 Å². The summed E-state index contributed by atoms with van der Waals surface area (Å²) >= 11 is 3.45. The normalized spacial score (nSPS) is 10.5. The molecule has 0 unspecified atom stereocenters. The third kappa shape index (κ3) is 5.30. The van der Waals surface area contributed by atoms with Crippen molar-refractivity contribution in [2.45, 2.75) is 6.42 Å². The minimum Gasteiger partial charge on any atom is -0.385 e. The number of rotatable bonds is 9. The van der Waals surface area contributed by atoms with Crippen molar-refractivity contribution in [3.8, 4) is 0 Å². The molecule has 0 amide bonds. The molecule has 4 nitrogen and oxygen atoms in total. The van der Waals surface area contributed by atoms with Crippen molar-refractivity contribution in [1.82, 2.24) is 0 Å². The molecule has 0 saturated carbocycles. The predicted octanol–water partition coefficient (Wildman–Crippen LogP) is 2.75. The van der Waals surface area contributed by atoms with Crippen molar-refractivity contribution in [3.63, 3.8) is 0 Å². The fraction of sp³-hybridized carbons (Fsp3) is 0.500. The lowest BCUT2D eigenvalue weighted by Crippen LogP contribution is -2.30. The van der Waals surface area contributed by atoms with Crippen LogP contribution in [-0.2, 0) is 9.47 Å². The Balaban J connectivity index is 2.87. The average Bonchev–Trinajstić information content (AvgIpc) is 2.42. The third-order valence-electron chi connectivity index (χ3n) is 2.80. The molecule has 0 atom stereocenters. The van der Waals surface area contributed by atoms with E-state index in [9.17, 15) is 4.79 Å². The van der Waals surface area contributed by atoms with Crippen molar-refractivity contribution in [3.05, 3.63) is 28.2 Å². The molecule has 0 bridgehead atoms. The van der Waals surface area contributed by atoms with Crippen molar-refractivity contribution in [2.75, 3.05) is 45.4 Å². The van der Waals surface area contributed by atoms with E-state index in [4.69, 9.17) is 9.47 Å². The summed E-state index contributed by atoms with van der Waals surface area (Å²) in [5.74, 6) is 0. The summed E-state index contributed by atoms with van der Waals surface area (Å²) in [6, 6.07) is 5.66. The number of ether oxygens (including phenoxy) is 2. The Hall–Kier alpha value is -0.910. The van der Waals surface area contributed by atoms with Gasteiger partial charge in [0.15, 0.2) is 6.29 Å². The molecule has 0 N–H and O–H groups in total. The van der Waals surface area contributed by atoms with Crippen LogP contribution in [0.15, 0.2) is 22.7 Å². The number of benzene rings is 1. The number of nitrogens with zero attached hydrogens (tertiary/aromatic N) is 1. The summed E-state index contributed by atoms with van der Waals surface area (Å²) in [6.45, 7) is 2.90. The van der Waals surface area contributed by atoms with Crippen molar-refractivity contribution in [1.29, 1.82) is 0 Å². The number of aldehydes is 1. The van der Waals surface area contributed by atoms with Crippen LogP contribution in [0.4, 0.5) is 5.69 Å². The van der Waals surface area contributed by atoms with Gasteiger partial charge in [-0.25, -0.2) is 0 Å². The predicted molar refractivity (Wildman–Crippen MR) is 80.1 cm³/mol. The topological polar surface area (TPSA) is 38.8 Å². The number of hydrogen-bond donors (Lipinski definition) is 0. The highest BCUT2D eigenvalue weighted by atomic mass is 79.9. The summed E-state index contributed by atoms with van der Waals surface area (Å²) in [6.07, 6.45) is 1.79. The maximum absolute atomic E-state index is 11.1. The Labute approximate surface area is 122 Å². The van der Waals surface area contributed by atoms with E-state index in [0.717, 1.165) is 36.0 Å². The first kappa shape index (κ1) is 16.1. The number of carbonyl (C=O) groups is 1. The van der Waals surface area contributed by atoms with E-state index in [1.165, 1.54) is 0 Å². The zero-order valence-electron chi connectivity index (χ0n) is 11.4. The zero-order valence-corrected chi connectivity index (χ0v) is 13.0. The van der Waals surface area contributed by atoms with Crippen LogP contribution >= 0.6 is 15.9 Å². The van der Waals surface area contributed by atoms with Gasteiger partial charge in [-0.3, -0.25) is 4.79 Å². The minimum atomic E-state index is 0.623. The number of halogens is 1. The Kier molecular flexibility index (Phi) is 7.70. The molecule has 1 aromatic rings. The molecule has 1 aromatic carbocycles. The third-order valence-corrected chi connectivity index (χ3v) is 3.30. The van der Waals surface area contributed by atoms with Gasteiger partial charge in [0.1, 0.15) is 0 Å². The second-order valence-corrected chi connectivity index (χ2v) is 5.06. The number of hydrogen-bond acceptors (Lipinski definition) is 4. The second kappa shape index (κ2) is 9.07. The van der Waals surface area contributed by atoms with Gasteiger partial charge in [0.25, 0.3) is 0 Å². The molecule has 0 spiro atoms. The molecule has 0 aromatic heterocycles. The van der Waals surface area contributed by atoms with Gasteiger partial charge in [-0.15, -0.1) is 0 Å². The van der Waals surface area contributed by atoms with E-state index in [1.54, 1.807) is 14.2 Å². The van der Waals surface area contributed by atoms with Crippen LogP contribution in [0.3, 0.4) is 0 Å². The maximum atomic E-state index is 11.1. The number of methoxy groups -OCH3 is 2. The van der Waals surface area contributed by atoms with Crippen LogP contribution in [0, 0.1) is 0 Å². The molecule has 0 fully saturated rings. The molecule has 0 aliphatic carbocycles. The second-order valence-electron chi connectivity index (χ2n) is 4.15. The Morgan fingerprint density at radius 1 is 1.21 bits per heavy atom. The van der Waals surface area contributed by atoms with E-state index >= 15 is 0 Å². The first-order valence-electron chi connectivity index (χ1n) is 6.20. The van der Waals surface area contributed by atoms with Crippen molar-refractivity contribution >= 4 is 27.9 Å². The van der Waals surface area contributed by atoms with Crippen LogP contribution in [0.1, 0.15) is 16.8 Å². The van der Waals surface area contributed by atoms with Gasteiger partial charge < -0.3 is 14.4 Å². The zero-order chi connectivity index (χ0) is 14.1. The standard InChI is InChI=1S/C14H20BrNO3/c1-18-8-3-6-16(7-9-19-2)14-10-13(15)5-4-12(14)11-17/h4-5,10-11H,3,6-9H2,1-2H3. The van der Waals surface area contributed by atoms with Gasteiger partial charge >= 0.3 is 0 Å². The Morgan fingerprint density at radius 3 is 2.58 bits per heavy atom. The van der Waals surface area contributed by atoms with Crippen LogP contribution < -0.4 is 4.90 Å². The highest BCUT2D eigenvalue weighted by Gasteiger charge is 2.11. The monoisotopic (exact) mass is 329 g/mol. The van der Waals surface area contributed by atoms with Gasteiger partial charge in [-0.05, 0) is 24.6 Å². The molecule has 1 rings (SSSR count). The first-order valence-corrected chi connectivity index (χ1v) is 6.99. The van der Waals surface area contributed by atoms with Crippen molar-refractivity contribution < 1.29 is 14.3 Å². The molecule has 0 radical (unpaired) electrons. The quantitative estimate of drug-likeness (QED) is 0.516. The van der Waals surface area contributed by atoms with E-state index in [2.05, 4.69) is 20.8 Å². The highest BCUT2D eigenvalue weighted by Crippen LogP contribution is 2.24. The molecule has 106 valence electrons. The van der Waals surface area contributed by atoms with Crippen LogP contribution in [-0.4, -0.2) is 46.8 Å². The minimum absolute atomic E-state index is 0.623. The molecule has 0 aliphatic heterocycles. The Morgan fingerprint density at radius 2 is 1.95 bits per heavy atom. The van der Waals surface area contributed by atoms with Gasteiger partial charge in [-0.2, -0.15) is 0 Å². The summed E-state index contributed by atoms with van der Waals surface area (Å²) in [7, 11) is 3.37. The molecular weight excluding hydrogens is 310 g/mol. The molecule has 0 aliphatic rings. The van der Waals surface area contributed by atoms with E-state index in [1.807, 2.05) is 18.2 Å². The fourth-order valence-electron chi connectivity index (χ4n) is 1.84. The molecule has 5 heteroatoms. The summed E-state index contributed by atoms with van der Waals surface area (Å²) in [5, 5.41) is 0. The van der Waals surface area contributed by atoms with Crippen LogP contribution in [0.2, 0.25) is 0 Å². The van der Waals surface area contributed by atoms with E-state index in [-0.39, 0.29) is 0 Å². The molecular formula is C14H20BrNO3. The maximum Gasteiger partial charge on any atom is 0.152 e. The largest absolute Gasteiger partial charge is 0.385 e. The molecule has 0 heterocycles. The SMILES string of the molecule is COCCCN(CCOC)c1cc(Br)ccc1C=O. The summed E-state index contributed by atoms with van der Waals surface area (Å²) in [4.78, 5) is 13.3. The van der Waals surface area contributed by atoms with Gasteiger partial charge in [0.2, 0.25) is 0 Å². The lowest BCUT2D eigenvalue weighted by molar-refractivity contribution is 0.112. The van der Waals surface area contributed by atoms with E-state index < -0.39 is 0 Å². The lowest BCUT2D eigenvalue weighted by atomic mass is 10.1. The Bertz CT molecular complexity index is 398. The number of anilines is 1. The highest BCUT2D eigenvalue weighted by molar-refractivity contribution is 9.10. The van der Waals surface area contributed by atoms with E-state index in [0.29, 0.717) is 18.8 Å². The van der Waals surface area contributed by atoms with Crippen molar-refractivity contribution in [2.24, 2.45) is 0 Å². The fourth-order valence-corrected chi connectivity index (χ4v) is 2.19. The lowest BCUT2D eigenvalue weighted by Gasteiger charge is -2.26. The van der Waals surface area contributed by atoms with Gasteiger partial charge in [0.05, 0.1) is 6.61 Å². The number of carbonyl (C=O) groups excluding carboxylic acids is 1. The average molecular weight is 330 g/mol. The molecule has 19 heavy (non-hydrogen) atoms. The van der Waals surface area contributed by atoms with Crippen LogP contribution in [0.25, 0.3) is 0 Å². The van der Waals surface area contributed by atoms with Crippen LogP contribution in [0.5, 0.6) is 0 Å².